The third kappa shape index (κ3) is 3.16. The van der Waals surface area contributed by atoms with E-state index in [2.05, 4.69) is 35.7 Å². The number of rotatable bonds is 1. The number of hydrogen-bond acceptors (Lipinski definition) is 2. The fourth-order valence-corrected chi connectivity index (χ4v) is 0.698. The fraction of sp³-hybridized carbons (Fsp3) is 0.400. The molecule has 2 nitrogen and oxygen atoms in total. The molecule has 0 radical (unpaired) electrons. The Morgan fingerprint density at radius 1 is 1.33 bits per heavy atom. The Bertz CT molecular complexity index is 280. The molecule has 0 amide bonds. The van der Waals surface area contributed by atoms with Gasteiger partial charge in [-0.3, -0.25) is 0 Å². The van der Waals surface area contributed by atoms with Gasteiger partial charge >= 0.3 is 0 Å². The number of nitrogens with zero attached hydrogens (tertiary/aromatic N) is 2. The van der Waals surface area contributed by atoms with Crippen LogP contribution < -0.4 is 0 Å². The largest absolute Gasteiger partial charge is 0.229 e. The molecular weight excluding hydrogens is 148 g/mol. The molecule has 0 aliphatic heterocycles. The van der Waals surface area contributed by atoms with E-state index in [0.717, 1.165) is 6.42 Å². The van der Waals surface area contributed by atoms with Crippen LogP contribution in [-0.2, 0) is 0 Å². The fourth-order valence-electron chi connectivity index (χ4n) is 0.698. The molecule has 1 aromatic heterocycles. The van der Waals surface area contributed by atoms with Crippen molar-refractivity contribution in [3.05, 3.63) is 24.3 Å². The summed E-state index contributed by atoms with van der Waals surface area (Å²) >= 11 is 0. The van der Waals surface area contributed by atoms with Crippen molar-refractivity contribution in [2.75, 3.05) is 0 Å². The highest BCUT2D eigenvalue weighted by molar-refractivity contribution is 5.19. The van der Waals surface area contributed by atoms with E-state index in [4.69, 9.17) is 0 Å². The molecular formula is C10H12N2. The number of aromatic nitrogens is 2. The molecule has 12 heavy (non-hydrogen) atoms. The van der Waals surface area contributed by atoms with Gasteiger partial charge in [0.15, 0.2) is 0 Å². The van der Waals surface area contributed by atoms with Gasteiger partial charge in [0.25, 0.3) is 0 Å². The summed E-state index contributed by atoms with van der Waals surface area (Å²) in [6.45, 7) is 4.28. The first-order chi connectivity index (χ1) is 5.79. The first kappa shape index (κ1) is 8.73. The monoisotopic (exact) mass is 160 g/mol. The topological polar surface area (TPSA) is 25.8 Å². The summed E-state index contributed by atoms with van der Waals surface area (Å²) in [5.74, 6) is 7.15. The molecule has 0 spiro atoms. The van der Waals surface area contributed by atoms with E-state index in [1.54, 1.807) is 18.5 Å². The molecule has 0 bridgehead atoms. The Morgan fingerprint density at radius 2 is 2.00 bits per heavy atom. The quantitative estimate of drug-likeness (QED) is 0.586. The van der Waals surface area contributed by atoms with Crippen molar-refractivity contribution in [1.29, 1.82) is 0 Å². The summed E-state index contributed by atoms with van der Waals surface area (Å²) in [7, 11) is 0. The summed E-state index contributed by atoms with van der Waals surface area (Å²) in [4.78, 5) is 7.98. The third-order valence-electron chi connectivity index (χ3n) is 1.28. The molecule has 0 unspecified atom stereocenters. The van der Waals surface area contributed by atoms with Crippen LogP contribution in [0.5, 0.6) is 0 Å². The minimum absolute atomic E-state index is 0.609. The van der Waals surface area contributed by atoms with E-state index in [0.29, 0.717) is 11.7 Å². The van der Waals surface area contributed by atoms with Gasteiger partial charge in [0.2, 0.25) is 5.82 Å². The predicted octanol–water partition coefficient (Wildman–Crippen LogP) is 1.87. The van der Waals surface area contributed by atoms with E-state index < -0.39 is 0 Å². The second-order valence-electron chi connectivity index (χ2n) is 2.97. The van der Waals surface area contributed by atoms with Crippen molar-refractivity contribution < 1.29 is 0 Å². The molecule has 1 heterocycles. The normalized spacial score (nSPS) is 9.25. The first-order valence-corrected chi connectivity index (χ1v) is 4.05. The zero-order chi connectivity index (χ0) is 8.81. The van der Waals surface area contributed by atoms with Crippen LogP contribution >= 0.6 is 0 Å². The highest BCUT2D eigenvalue weighted by Gasteiger charge is 1.88. The van der Waals surface area contributed by atoms with Crippen molar-refractivity contribution >= 4 is 0 Å². The lowest BCUT2D eigenvalue weighted by Gasteiger charge is -1.92. The van der Waals surface area contributed by atoms with Crippen LogP contribution in [0.15, 0.2) is 18.5 Å². The second kappa shape index (κ2) is 4.50. The SMILES string of the molecule is CC(C)CC#Cc1ncccn1. The van der Waals surface area contributed by atoms with E-state index in [1.807, 2.05) is 0 Å². The summed E-state index contributed by atoms with van der Waals surface area (Å²) in [5, 5.41) is 0. The van der Waals surface area contributed by atoms with Crippen LogP contribution in [-0.4, -0.2) is 9.97 Å². The maximum absolute atomic E-state index is 3.99. The molecule has 1 rings (SSSR count). The van der Waals surface area contributed by atoms with Crippen molar-refractivity contribution in [2.45, 2.75) is 20.3 Å². The Hall–Kier alpha value is -1.36. The lowest BCUT2D eigenvalue weighted by Crippen LogP contribution is -1.86. The Morgan fingerprint density at radius 3 is 2.58 bits per heavy atom. The van der Waals surface area contributed by atoms with Crippen molar-refractivity contribution in [1.82, 2.24) is 9.97 Å². The maximum atomic E-state index is 3.99. The summed E-state index contributed by atoms with van der Waals surface area (Å²) in [5.41, 5.74) is 0. The van der Waals surface area contributed by atoms with E-state index >= 15 is 0 Å². The van der Waals surface area contributed by atoms with Gasteiger partial charge in [-0.25, -0.2) is 9.97 Å². The van der Waals surface area contributed by atoms with Crippen LogP contribution in [0.3, 0.4) is 0 Å². The highest BCUT2D eigenvalue weighted by Crippen LogP contribution is 1.96. The molecule has 0 aromatic carbocycles. The average molecular weight is 160 g/mol. The van der Waals surface area contributed by atoms with E-state index in [1.165, 1.54) is 0 Å². The maximum Gasteiger partial charge on any atom is 0.204 e. The molecule has 0 aliphatic carbocycles. The minimum Gasteiger partial charge on any atom is -0.229 e. The molecule has 62 valence electrons. The van der Waals surface area contributed by atoms with Crippen molar-refractivity contribution in [3.8, 4) is 11.8 Å². The third-order valence-corrected chi connectivity index (χ3v) is 1.28. The first-order valence-electron chi connectivity index (χ1n) is 4.05. The summed E-state index contributed by atoms with van der Waals surface area (Å²) < 4.78 is 0. The molecule has 0 fully saturated rings. The lowest BCUT2D eigenvalue weighted by atomic mass is 10.1. The zero-order valence-electron chi connectivity index (χ0n) is 7.41. The smallest absolute Gasteiger partial charge is 0.204 e. The van der Waals surface area contributed by atoms with Crippen LogP contribution in [0.1, 0.15) is 26.1 Å². The Kier molecular flexibility index (Phi) is 3.28. The van der Waals surface area contributed by atoms with E-state index in [9.17, 15) is 0 Å². The molecule has 0 aliphatic rings. The molecule has 0 N–H and O–H groups in total. The Balaban J connectivity index is 2.55. The second-order valence-corrected chi connectivity index (χ2v) is 2.97. The standard InChI is InChI=1S/C10H12N2/c1-9(2)5-3-6-10-11-7-4-8-12-10/h4,7-9H,5H2,1-2H3. The van der Waals surface area contributed by atoms with Gasteiger partial charge in [-0.05, 0) is 17.9 Å². The molecule has 0 saturated heterocycles. The van der Waals surface area contributed by atoms with Crippen molar-refractivity contribution in [3.63, 3.8) is 0 Å². The highest BCUT2D eigenvalue weighted by atomic mass is 14.8. The van der Waals surface area contributed by atoms with Gasteiger partial charge in [-0.2, -0.15) is 0 Å². The summed E-state index contributed by atoms with van der Waals surface area (Å²) in [6.07, 6.45) is 4.30. The van der Waals surface area contributed by atoms with Crippen molar-refractivity contribution in [2.24, 2.45) is 5.92 Å². The van der Waals surface area contributed by atoms with Gasteiger partial charge < -0.3 is 0 Å². The van der Waals surface area contributed by atoms with Gasteiger partial charge in [0, 0.05) is 18.8 Å². The Labute approximate surface area is 73.1 Å². The molecule has 0 atom stereocenters. The van der Waals surface area contributed by atoms with Gasteiger partial charge in [-0.1, -0.05) is 19.8 Å². The predicted molar refractivity (Wildman–Crippen MR) is 48.4 cm³/mol. The van der Waals surface area contributed by atoms with E-state index in [-0.39, 0.29) is 0 Å². The van der Waals surface area contributed by atoms with Crippen LogP contribution in [0, 0.1) is 17.8 Å². The average Bonchev–Trinajstić information content (AvgIpc) is 2.05. The minimum atomic E-state index is 0.609. The van der Waals surface area contributed by atoms with Crippen LogP contribution in [0.25, 0.3) is 0 Å². The van der Waals surface area contributed by atoms with Crippen LogP contribution in [0.2, 0.25) is 0 Å². The summed E-state index contributed by atoms with van der Waals surface area (Å²) in [6, 6.07) is 1.79. The van der Waals surface area contributed by atoms with Crippen LogP contribution in [0.4, 0.5) is 0 Å². The van der Waals surface area contributed by atoms with Gasteiger partial charge in [0.1, 0.15) is 0 Å². The lowest BCUT2D eigenvalue weighted by molar-refractivity contribution is 0.676. The van der Waals surface area contributed by atoms with Gasteiger partial charge in [-0.15, -0.1) is 0 Å². The molecule has 1 aromatic rings. The van der Waals surface area contributed by atoms with Gasteiger partial charge in [0.05, 0.1) is 0 Å². The zero-order valence-corrected chi connectivity index (χ0v) is 7.41. The number of hydrogen-bond donors (Lipinski definition) is 0. The molecule has 2 heteroatoms. The molecule has 0 saturated carbocycles.